The molecule has 0 aromatic carbocycles. The van der Waals surface area contributed by atoms with Crippen molar-refractivity contribution in [3.05, 3.63) is 22.5 Å². The van der Waals surface area contributed by atoms with Crippen molar-refractivity contribution in [3.8, 4) is 0 Å². The highest BCUT2D eigenvalue weighted by molar-refractivity contribution is 5.72. The summed E-state index contributed by atoms with van der Waals surface area (Å²) in [6.45, 7) is -2.55. The van der Waals surface area contributed by atoms with E-state index in [1.54, 1.807) is 0 Å². The Bertz CT molecular complexity index is 476. The lowest BCUT2D eigenvalue weighted by molar-refractivity contribution is -0.385. The van der Waals surface area contributed by atoms with Gasteiger partial charge in [0.25, 0.3) is 0 Å². The van der Waals surface area contributed by atoms with Gasteiger partial charge < -0.3 is 10.0 Å². The lowest BCUT2D eigenvalue weighted by Crippen LogP contribution is -2.39. The first-order valence-electron chi connectivity index (χ1n) is 4.69. The predicted octanol–water partition coefficient (Wildman–Crippen LogP) is 0.838. The molecule has 0 aliphatic rings. The van der Waals surface area contributed by atoms with Gasteiger partial charge >= 0.3 is 17.8 Å². The normalized spacial score (nSPS) is 11.1. The van der Waals surface area contributed by atoms with E-state index in [0.29, 0.717) is 17.3 Å². The van der Waals surface area contributed by atoms with Crippen molar-refractivity contribution in [2.45, 2.75) is 6.18 Å². The van der Waals surface area contributed by atoms with Gasteiger partial charge in [0.1, 0.15) is 25.5 Å². The molecule has 0 fully saturated rings. The molecule has 0 aliphatic carbocycles. The highest BCUT2D eigenvalue weighted by Gasteiger charge is 2.33. The maximum Gasteiger partial charge on any atom is 0.406 e. The minimum absolute atomic E-state index is 0.353. The van der Waals surface area contributed by atoms with Crippen LogP contribution in [0.5, 0.6) is 0 Å². The number of rotatable bonds is 5. The third kappa shape index (κ3) is 4.73. The molecule has 0 saturated heterocycles. The van der Waals surface area contributed by atoms with Crippen LogP contribution in [-0.2, 0) is 4.79 Å². The quantitative estimate of drug-likeness (QED) is 0.628. The Morgan fingerprint density at radius 1 is 1.42 bits per heavy atom. The molecule has 0 radical (unpaired) electrons. The smallest absolute Gasteiger partial charge is 0.406 e. The molecule has 8 nitrogen and oxygen atoms in total. The summed E-state index contributed by atoms with van der Waals surface area (Å²) in [5.41, 5.74) is -0.508. The van der Waals surface area contributed by atoms with Crippen LogP contribution in [0.3, 0.4) is 0 Å². The molecule has 1 N–H and O–H groups in total. The fraction of sp³-hybridized carbons (Fsp3) is 0.375. The summed E-state index contributed by atoms with van der Waals surface area (Å²) in [4.78, 5) is 27.0. The summed E-state index contributed by atoms with van der Waals surface area (Å²) in [6.07, 6.45) is -3.25. The molecule has 1 aromatic rings. The van der Waals surface area contributed by atoms with E-state index in [-0.39, 0.29) is 0 Å². The minimum Gasteiger partial charge on any atom is -0.480 e. The van der Waals surface area contributed by atoms with E-state index >= 15 is 0 Å². The average molecular weight is 280 g/mol. The lowest BCUT2D eigenvalue weighted by atomic mass is 10.4. The van der Waals surface area contributed by atoms with E-state index in [4.69, 9.17) is 5.11 Å². The summed E-state index contributed by atoms with van der Waals surface area (Å²) in [5, 5.41) is 18.8. The number of carbonyl (C=O) groups is 1. The number of halogens is 3. The molecule has 1 rings (SSSR count). The van der Waals surface area contributed by atoms with Gasteiger partial charge in [-0.3, -0.25) is 14.9 Å². The second-order valence-electron chi connectivity index (χ2n) is 3.36. The summed E-state index contributed by atoms with van der Waals surface area (Å²) in [7, 11) is 0. The summed E-state index contributed by atoms with van der Waals surface area (Å²) in [5.74, 6) is -2.06. The van der Waals surface area contributed by atoms with Gasteiger partial charge in [-0.25, -0.2) is 9.97 Å². The largest absolute Gasteiger partial charge is 0.480 e. The van der Waals surface area contributed by atoms with Crippen molar-refractivity contribution in [2.24, 2.45) is 0 Å². The molecule has 0 spiro atoms. The molecule has 11 heteroatoms. The van der Waals surface area contributed by atoms with Crippen molar-refractivity contribution in [2.75, 3.05) is 18.0 Å². The van der Waals surface area contributed by atoms with Crippen molar-refractivity contribution < 1.29 is 28.0 Å². The molecule has 0 aliphatic heterocycles. The van der Waals surface area contributed by atoms with Gasteiger partial charge in [-0.15, -0.1) is 0 Å². The first-order valence-corrected chi connectivity index (χ1v) is 4.69. The van der Waals surface area contributed by atoms with E-state index in [1.807, 2.05) is 0 Å². The van der Waals surface area contributed by atoms with Gasteiger partial charge in [0.05, 0.1) is 4.92 Å². The second-order valence-corrected chi connectivity index (χ2v) is 3.36. The van der Waals surface area contributed by atoms with E-state index < -0.39 is 41.8 Å². The Kier molecular flexibility index (Phi) is 4.19. The number of aromatic nitrogens is 2. The van der Waals surface area contributed by atoms with E-state index in [9.17, 15) is 28.1 Å². The third-order valence-electron chi connectivity index (χ3n) is 1.81. The predicted molar refractivity (Wildman–Crippen MR) is 54.6 cm³/mol. The Hall–Kier alpha value is -2.46. The molecule has 0 saturated carbocycles. The second kappa shape index (κ2) is 5.46. The van der Waals surface area contributed by atoms with Crippen LogP contribution in [0.15, 0.2) is 12.4 Å². The summed E-state index contributed by atoms with van der Waals surface area (Å²) in [6, 6.07) is 0. The van der Waals surface area contributed by atoms with Crippen LogP contribution in [0.4, 0.5) is 24.8 Å². The number of carboxylic acid groups (broad SMARTS) is 1. The van der Waals surface area contributed by atoms with Crippen LogP contribution in [-0.4, -0.2) is 45.2 Å². The van der Waals surface area contributed by atoms with Crippen LogP contribution < -0.4 is 4.90 Å². The van der Waals surface area contributed by atoms with Gasteiger partial charge in [0.15, 0.2) is 0 Å². The molecule has 0 unspecified atom stereocenters. The molecule has 0 atom stereocenters. The number of hydrogen-bond acceptors (Lipinski definition) is 6. The number of anilines is 1. The fourth-order valence-electron chi connectivity index (χ4n) is 1.15. The lowest BCUT2D eigenvalue weighted by Gasteiger charge is -2.21. The van der Waals surface area contributed by atoms with Crippen LogP contribution in [0, 0.1) is 10.1 Å². The molecule has 104 valence electrons. The molecule has 19 heavy (non-hydrogen) atoms. The zero-order chi connectivity index (χ0) is 14.6. The highest BCUT2D eigenvalue weighted by atomic mass is 19.4. The number of aliphatic carboxylic acids is 1. The van der Waals surface area contributed by atoms with Crippen molar-refractivity contribution in [1.29, 1.82) is 0 Å². The first-order chi connectivity index (χ1) is 8.69. The maximum absolute atomic E-state index is 12.3. The van der Waals surface area contributed by atoms with Crippen molar-refractivity contribution in [3.63, 3.8) is 0 Å². The monoisotopic (exact) mass is 280 g/mol. The Morgan fingerprint density at radius 3 is 2.32 bits per heavy atom. The topological polar surface area (TPSA) is 109 Å². The number of nitrogens with zero attached hydrogens (tertiary/aromatic N) is 4. The summed E-state index contributed by atoms with van der Waals surface area (Å²) < 4.78 is 36.8. The zero-order valence-corrected chi connectivity index (χ0v) is 9.16. The SMILES string of the molecule is O=C(O)CN(CC(F)(F)F)c1ncc([N+](=O)[O-])cn1. The number of hydrogen-bond donors (Lipinski definition) is 1. The fourth-order valence-corrected chi connectivity index (χ4v) is 1.15. The minimum atomic E-state index is -4.65. The third-order valence-corrected chi connectivity index (χ3v) is 1.81. The first kappa shape index (κ1) is 14.6. The molecule has 1 aromatic heterocycles. The van der Waals surface area contributed by atoms with Crippen LogP contribution in [0.2, 0.25) is 0 Å². The Balaban J connectivity index is 2.96. The number of carboxylic acids is 1. The van der Waals surface area contributed by atoms with Crippen LogP contribution >= 0.6 is 0 Å². The van der Waals surface area contributed by atoms with Gasteiger partial charge in [0.2, 0.25) is 5.95 Å². The molecule has 0 bridgehead atoms. The van der Waals surface area contributed by atoms with E-state index in [0.717, 1.165) is 0 Å². The average Bonchev–Trinajstić information content (AvgIpc) is 2.25. The van der Waals surface area contributed by atoms with Crippen molar-refractivity contribution >= 4 is 17.6 Å². The van der Waals surface area contributed by atoms with Crippen LogP contribution in [0.1, 0.15) is 0 Å². The maximum atomic E-state index is 12.3. The van der Waals surface area contributed by atoms with Crippen molar-refractivity contribution in [1.82, 2.24) is 9.97 Å². The van der Waals surface area contributed by atoms with Gasteiger partial charge in [-0.2, -0.15) is 13.2 Å². The Morgan fingerprint density at radius 2 is 1.95 bits per heavy atom. The van der Waals surface area contributed by atoms with E-state index in [1.165, 1.54) is 0 Å². The number of alkyl halides is 3. The van der Waals surface area contributed by atoms with Crippen LogP contribution in [0.25, 0.3) is 0 Å². The van der Waals surface area contributed by atoms with E-state index in [2.05, 4.69) is 9.97 Å². The molecule has 0 amide bonds. The molecular weight excluding hydrogens is 273 g/mol. The number of nitro groups is 1. The summed E-state index contributed by atoms with van der Waals surface area (Å²) >= 11 is 0. The van der Waals surface area contributed by atoms with Gasteiger partial charge in [0, 0.05) is 0 Å². The molecule has 1 heterocycles. The standard InChI is InChI=1S/C8H7F3N4O4/c9-8(10,11)4-14(3-6(16)17)7-12-1-5(2-13-7)15(18)19/h1-2H,3-4H2,(H,16,17). The highest BCUT2D eigenvalue weighted by Crippen LogP contribution is 2.20. The zero-order valence-electron chi connectivity index (χ0n) is 9.16. The Labute approximate surface area is 103 Å². The molecular formula is C8H7F3N4O4. The van der Waals surface area contributed by atoms with Gasteiger partial charge in [-0.1, -0.05) is 0 Å². The van der Waals surface area contributed by atoms with Gasteiger partial charge in [-0.05, 0) is 0 Å².